The minimum absolute atomic E-state index is 0.329. The van der Waals surface area contributed by atoms with E-state index < -0.39 is 0 Å². The number of hydrogen-bond acceptors (Lipinski definition) is 2. The second kappa shape index (κ2) is 5.40. The first-order valence-corrected chi connectivity index (χ1v) is 5.89. The quantitative estimate of drug-likeness (QED) is 0.583. The number of hydrogen-bond donors (Lipinski definition) is 0. The Morgan fingerprint density at radius 2 is 2.08 bits per heavy atom. The minimum Gasteiger partial charge on any atom is -0.378 e. The molecule has 0 bridgehead atoms. The van der Waals surface area contributed by atoms with Crippen LogP contribution in [0.5, 0.6) is 0 Å². The van der Waals surface area contributed by atoms with Crippen molar-refractivity contribution in [1.82, 2.24) is 0 Å². The maximum Gasteiger partial charge on any atom is 0.0951 e. The average Bonchev–Trinajstić information content (AvgIpc) is 2.47. The number of halogens is 1. The molecule has 0 N–H and O–H groups in total. The van der Waals surface area contributed by atoms with Crippen LogP contribution in [0.1, 0.15) is 26.7 Å². The van der Waals surface area contributed by atoms with Crippen molar-refractivity contribution in [2.24, 2.45) is 0 Å². The standard InChI is InChI=1S/C9H17IO2/c1-3-7(4-2)12-9-6-11-5-8(9)10/h7-9H,3-6H2,1-2H3. The molecule has 0 amide bonds. The molecule has 72 valence electrons. The summed E-state index contributed by atoms with van der Waals surface area (Å²) in [5, 5.41) is 0. The van der Waals surface area contributed by atoms with E-state index in [1.165, 1.54) is 0 Å². The monoisotopic (exact) mass is 284 g/mol. The van der Waals surface area contributed by atoms with Gasteiger partial charge in [0.2, 0.25) is 0 Å². The van der Waals surface area contributed by atoms with E-state index in [2.05, 4.69) is 36.4 Å². The van der Waals surface area contributed by atoms with Crippen LogP contribution in [0.2, 0.25) is 0 Å². The van der Waals surface area contributed by atoms with Crippen LogP contribution in [0, 0.1) is 0 Å². The van der Waals surface area contributed by atoms with E-state index in [0.717, 1.165) is 26.1 Å². The maximum atomic E-state index is 5.89. The van der Waals surface area contributed by atoms with E-state index in [1.807, 2.05) is 0 Å². The summed E-state index contributed by atoms with van der Waals surface area (Å²) in [6.45, 7) is 5.98. The molecule has 1 heterocycles. The van der Waals surface area contributed by atoms with Crippen LogP contribution in [0.15, 0.2) is 0 Å². The highest BCUT2D eigenvalue weighted by Crippen LogP contribution is 2.20. The molecule has 2 atom stereocenters. The maximum absolute atomic E-state index is 5.89. The van der Waals surface area contributed by atoms with Gasteiger partial charge in [-0.25, -0.2) is 0 Å². The van der Waals surface area contributed by atoms with Crippen LogP contribution in [0.3, 0.4) is 0 Å². The van der Waals surface area contributed by atoms with E-state index in [0.29, 0.717) is 16.1 Å². The largest absolute Gasteiger partial charge is 0.378 e. The summed E-state index contributed by atoms with van der Waals surface area (Å²) in [5.41, 5.74) is 0. The average molecular weight is 284 g/mol. The van der Waals surface area contributed by atoms with E-state index in [9.17, 15) is 0 Å². The highest BCUT2D eigenvalue weighted by atomic mass is 127. The van der Waals surface area contributed by atoms with Crippen LogP contribution in [0.4, 0.5) is 0 Å². The van der Waals surface area contributed by atoms with Crippen molar-refractivity contribution < 1.29 is 9.47 Å². The number of ether oxygens (including phenoxy) is 2. The summed E-state index contributed by atoms with van der Waals surface area (Å²) in [7, 11) is 0. The molecule has 2 nitrogen and oxygen atoms in total. The molecular weight excluding hydrogens is 267 g/mol. The van der Waals surface area contributed by atoms with Gasteiger partial charge in [0.15, 0.2) is 0 Å². The lowest BCUT2D eigenvalue weighted by Gasteiger charge is -2.20. The van der Waals surface area contributed by atoms with Gasteiger partial charge in [0.05, 0.1) is 29.3 Å². The van der Waals surface area contributed by atoms with Crippen molar-refractivity contribution in [2.45, 2.75) is 42.8 Å². The Kier molecular flexibility index (Phi) is 4.82. The van der Waals surface area contributed by atoms with Gasteiger partial charge >= 0.3 is 0 Å². The Morgan fingerprint density at radius 1 is 1.42 bits per heavy atom. The number of alkyl halides is 1. The molecule has 0 saturated carbocycles. The van der Waals surface area contributed by atoms with Gasteiger partial charge in [0.25, 0.3) is 0 Å². The molecule has 0 aliphatic carbocycles. The lowest BCUT2D eigenvalue weighted by atomic mass is 10.2. The van der Waals surface area contributed by atoms with Gasteiger partial charge in [-0.05, 0) is 12.8 Å². The van der Waals surface area contributed by atoms with Gasteiger partial charge in [0.1, 0.15) is 0 Å². The van der Waals surface area contributed by atoms with Gasteiger partial charge in [-0.15, -0.1) is 0 Å². The Hall–Kier alpha value is 0.650. The van der Waals surface area contributed by atoms with Crippen molar-refractivity contribution >= 4 is 22.6 Å². The molecule has 3 heteroatoms. The Bertz CT molecular complexity index is 126. The summed E-state index contributed by atoms with van der Waals surface area (Å²) < 4.78 is 11.8. The summed E-state index contributed by atoms with van der Waals surface area (Å²) in [6, 6.07) is 0. The fourth-order valence-electron chi connectivity index (χ4n) is 1.36. The van der Waals surface area contributed by atoms with Crippen LogP contribution in [0.25, 0.3) is 0 Å². The van der Waals surface area contributed by atoms with Gasteiger partial charge in [-0.1, -0.05) is 36.4 Å². The zero-order chi connectivity index (χ0) is 8.97. The summed E-state index contributed by atoms with van der Waals surface area (Å²) in [4.78, 5) is 0. The third-order valence-corrected chi connectivity index (χ3v) is 3.40. The first kappa shape index (κ1) is 10.7. The smallest absolute Gasteiger partial charge is 0.0951 e. The fourth-order valence-corrected chi connectivity index (χ4v) is 1.99. The molecule has 0 aromatic rings. The van der Waals surface area contributed by atoms with Crippen molar-refractivity contribution in [3.63, 3.8) is 0 Å². The third-order valence-electron chi connectivity index (χ3n) is 2.24. The number of rotatable bonds is 4. The van der Waals surface area contributed by atoms with Crippen molar-refractivity contribution in [2.75, 3.05) is 13.2 Å². The second-order valence-corrected chi connectivity index (χ2v) is 4.77. The normalized spacial score (nSPS) is 30.0. The Morgan fingerprint density at radius 3 is 2.50 bits per heavy atom. The first-order chi connectivity index (χ1) is 5.77. The highest BCUT2D eigenvalue weighted by molar-refractivity contribution is 14.1. The van der Waals surface area contributed by atoms with Crippen LogP contribution in [-0.4, -0.2) is 29.3 Å². The zero-order valence-corrected chi connectivity index (χ0v) is 9.91. The summed E-state index contributed by atoms with van der Waals surface area (Å²) in [5.74, 6) is 0. The molecule has 1 fully saturated rings. The van der Waals surface area contributed by atoms with E-state index in [4.69, 9.17) is 9.47 Å². The molecule has 2 unspecified atom stereocenters. The second-order valence-electron chi connectivity index (χ2n) is 3.17. The molecule has 0 spiro atoms. The van der Waals surface area contributed by atoms with Crippen molar-refractivity contribution in [3.05, 3.63) is 0 Å². The molecule has 1 aliphatic rings. The molecule has 1 rings (SSSR count). The topological polar surface area (TPSA) is 18.5 Å². The van der Waals surface area contributed by atoms with Crippen molar-refractivity contribution in [1.29, 1.82) is 0 Å². The highest BCUT2D eigenvalue weighted by Gasteiger charge is 2.28. The van der Waals surface area contributed by atoms with E-state index in [1.54, 1.807) is 0 Å². The SMILES string of the molecule is CCC(CC)OC1COCC1I. The predicted molar refractivity (Wildman–Crippen MR) is 57.9 cm³/mol. The lowest BCUT2D eigenvalue weighted by molar-refractivity contribution is -0.0159. The lowest BCUT2D eigenvalue weighted by Crippen LogP contribution is -2.27. The van der Waals surface area contributed by atoms with Crippen LogP contribution in [-0.2, 0) is 9.47 Å². The minimum atomic E-state index is 0.329. The Labute approximate surface area is 88.1 Å². The third kappa shape index (κ3) is 2.85. The molecule has 12 heavy (non-hydrogen) atoms. The fraction of sp³-hybridized carbons (Fsp3) is 1.00. The van der Waals surface area contributed by atoms with Crippen LogP contribution < -0.4 is 0 Å². The van der Waals surface area contributed by atoms with Gasteiger partial charge in [-0.2, -0.15) is 0 Å². The predicted octanol–water partition coefficient (Wildman–Crippen LogP) is 2.39. The molecule has 1 aliphatic heterocycles. The molecule has 0 radical (unpaired) electrons. The van der Waals surface area contributed by atoms with Gasteiger partial charge < -0.3 is 9.47 Å². The molecule has 0 aromatic carbocycles. The summed E-state index contributed by atoms with van der Waals surface area (Å²) >= 11 is 2.41. The Balaban J connectivity index is 2.28. The van der Waals surface area contributed by atoms with Crippen LogP contribution >= 0.6 is 22.6 Å². The molecule has 1 saturated heterocycles. The van der Waals surface area contributed by atoms with E-state index in [-0.39, 0.29) is 0 Å². The first-order valence-electron chi connectivity index (χ1n) is 4.65. The molecular formula is C9H17IO2. The zero-order valence-electron chi connectivity index (χ0n) is 7.75. The van der Waals surface area contributed by atoms with Gasteiger partial charge in [-0.3, -0.25) is 0 Å². The van der Waals surface area contributed by atoms with Gasteiger partial charge in [0, 0.05) is 0 Å². The summed E-state index contributed by atoms with van der Waals surface area (Å²) in [6.07, 6.45) is 2.97. The van der Waals surface area contributed by atoms with E-state index >= 15 is 0 Å². The van der Waals surface area contributed by atoms with Crippen molar-refractivity contribution in [3.8, 4) is 0 Å². The molecule has 0 aromatic heterocycles.